The molecule has 0 saturated carbocycles. The summed E-state index contributed by atoms with van der Waals surface area (Å²) in [6, 6.07) is 4.21. The second-order valence-corrected chi connectivity index (χ2v) is 4.00. The van der Waals surface area contributed by atoms with Crippen molar-refractivity contribution in [2.45, 2.75) is 13.8 Å². The van der Waals surface area contributed by atoms with Crippen molar-refractivity contribution in [1.82, 2.24) is 0 Å². The van der Waals surface area contributed by atoms with E-state index in [0.717, 1.165) is 0 Å². The van der Waals surface area contributed by atoms with E-state index in [2.05, 4.69) is 0 Å². The summed E-state index contributed by atoms with van der Waals surface area (Å²) in [7, 11) is 1.35. The average Bonchev–Trinajstić information content (AvgIpc) is 2.35. The molecule has 1 aromatic rings. The lowest BCUT2D eigenvalue weighted by atomic mass is 10.1. The number of benzene rings is 1. The van der Waals surface area contributed by atoms with Gasteiger partial charge in [-0.25, -0.2) is 0 Å². The Bertz CT molecular complexity index is 456. The monoisotopic (exact) mass is 253 g/mol. The van der Waals surface area contributed by atoms with Gasteiger partial charge in [0.25, 0.3) is 0 Å². The van der Waals surface area contributed by atoms with Crippen LogP contribution in [-0.2, 0) is 4.79 Å². The molecular formula is C12H15NO5. The van der Waals surface area contributed by atoms with Gasteiger partial charge in [0.05, 0.1) is 18.1 Å². The first kappa shape index (κ1) is 14.0. The van der Waals surface area contributed by atoms with Crippen LogP contribution in [0.15, 0.2) is 18.2 Å². The zero-order valence-electron chi connectivity index (χ0n) is 10.5. The molecule has 1 aromatic carbocycles. The molecule has 0 aliphatic carbocycles. The lowest BCUT2D eigenvalue weighted by molar-refractivity contribution is -0.385. The first-order valence-electron chi connectivity index (χ1n) is 5.43. The van der Waals surface area contributed by atoms with Gasteiger partial charge in [0.15, 0.2) is 11.5 Å². The van der Waals surface area contributed by atoms with Crippen LogP contribution in [0.4, 0.5) is 5.69 Å². The van der Waals surface area contributed by atoms with E-state index in [9.17, 15) is 14.9 Å². The molecule has 0 N–H and O–H groups in total. The van der Waals surface area contributed by atoms with E-state index in [4.69, 9.17) is 9.47 Å². The summed E-state index contributed by atoms with van der Waals surface area (Å²) in [5, 5.41) is 10.8. The number of ether oxygens (including phenoxy) is 2. The van der Waals surface area contributed by atoms with Crippen molar-refractivity contribution in [3.63, 3.8) is 0 Å². The third-order valence-electron chi connectivity index (χ3n) is 2.37. The highest BCUT2D eigenvalue weighted by atomic mass is 16.6. The lowest BCUT2D eigenvalue weighted by Crippen LogP contribution is -2.16. The number of rotatable bonds is 6. The molecular weight excluding hydrogens is 238 g/mol. The predicted octanol–water partition coefficient (Wildman–Crippen LogP) is 2.21. The van der Waals surface area contributed by atoms with Crippen LogP contribution >= 0.6 is 0 Å². The Morgan fingerprint density at radius 2 is 2.11 bits per heavy atom. The number of nitro benzene ring substituents is 1. The molecule has 0 bridgehead atoms. The van der Waals surface area contributed by atoms with Gasteiger partial charge in [-0.15, -0.1) is 0 Å². The number of ketones is 1. The van der Waals surface area contributed by atoms with Crippen molar-refractivity contribution in [2.24, 2.45) is 5.92 Å². The van der Waals surface area contributed by atoms with E-state index in [-0.39, 0.29) is 35.5 Å². The summed E-state index contributed by atoms with van der Waals surface area (Å²) in [5.74, 6) is 0.241. The van der Waals surface area contributed by atoms with Crippen LogP contribution in [0, 0.1) is 16.0 Å². The van der Waals surface area contributed by atoms with E-state index in [0.29, 0.717) is 0 Å². The minimum absolute atomic E-state index is 0.0616. The number of hydrogen-bond acceptors (Lipinski definition) is 5. The van der Waals surface area contributed by atoms with Gasteiger partial charge in [0, 0.05) is 5.92 Å². The summed E-state index contributed by atoms with van der Waals surface area (Å²) >= 11 is 0. The Hall–Kier alpha value is -2.11. The zero-order valence-corrected chi connectivity index (χ0v) is 10.5. The Kier molecular flexibility index (Phi) is 4.65. The third-order valence-corrected chi connectivity index (χ3v) is 2.37. The fraction of sp³-hybridized carbons (Fsp3) is 0.417. The van der Waals surface area contributed by atoms with Gasteiger partial charge in [-0.1, -0.05) is 13.8 Å². The second kappa shape index (κ2) is 6.00. The summed E-state index contributed by atoms with van der Waals surface area (Å²) in [6.07, 6.45) is 0. The first-order chi connectivity index (χ1) is 8.45. The van der Waals surface area contributed by atoms with Crippen LogP contribution in [0.5, 0.6) is 11.5 Å². The van der Waals surface area contributed by atoms with Crippen LogP contribution in [0.1, 0.15) is 13.8 Å². The van der Waals surface area contributed by atoms with Gasteiger partial charge < -0.3 is 9.47 Å². The molecule has 0 aliphatic heterocycles. The van der Waals surface area contributed by atoms with Crippen LogP contribution < -0.4 is 9.47 Å². The molecule has 0 radical (unpaired) electrons. The molecule has 0 spiro atoms. The van der Waals surface area contributed by atoms with Gasteiger partial charge in [-0.3, -0.25) is 14.9 Å². The number of hydrogen-bond donors (Lipinski definition) is 0. The largest absolute Gasteiger partial charge is 0.490 e. The molecule has 0 unspecified atom stereocenters. The molecule has 0 saturated heterocycles. The molecule has 0 aliphatic rings. The fourth-order valence-electron chi connectivity index (χ4n) is 1.22. The highest BCUT2D eigenvalue weighted by Gasteiger charge is 2.16. The van der Waals surface area contributed by atoms with Crippen LogP contribution in [0.3, 0.4) is 0 Å². The fourth-order valence-corrected chi connectivity index (χ4v) is 1.22. The van der Waals surface area contributed by atoms with Crippen molar-refractivity contribution < 1.29 is 19.2 Å². The summed E-state index contributed by atoms with van der Waals surface area (Å²) < 4.78 is 10.1. The Morgan fingerprint density at radius 3 is 2.61 bits per heavy atom. The zero-order chi connectivity index (χ0) is 13.7. The van der Waals surface area contributed by atoms with Gasteiger partial charge >= 0.3 is 5.69 Å². The third kappa shape index (κ3) is 3.44. The highest BCUT2D eigenvalue weighted by Crippen LogP contribution is 2.30. The number of Topliss-reactive ketones (excluding diaryl/α,β-unsaturated/α-hetero) is 1. The van der Waals surface area contributed by atoms with E-state index >= 15 is 0 Å². The highest BCUT2D eigenvalue weighted by molar-refractivity contribution is 5.81. The minimum atomic E-state index is -0.560. The molecule has 6 heteroatoms. The summed E-state index contributed by atoms with van der Waals surface area (Å²) in [5.41, 5.74) is -0.188. The molecule has 0 heterocycles. The molecule has 1 rings (SSSR count). The van der Waals surface area contributed by atoms with E-state index < -0.39 is 4.92 Å². The maximum atomic E-state index is 11.4. The molecule has 0 aromatic heterocycles. The second-order valence-electron chi connectivity index (χ2n) is 4.00. The number of carbonyl (C=O) groups excluding carboxylic acids is 1. The van der Waals surface area contributed by atoms with E-state index in [1.165, 1.54) is 25.3 Å². The quantitative estimate of drug-likeness (QED) is 0.573. The smallest absolute Gasteiger partial charge is 0.314 e. The van der Waals surface area contributed by atoms with E-state index in [1.807, 2.05) is 0 Å². The van der Waals surface area contributed by atoms with Gasteiger partial charge in [-0.05, 0) is 12.1 Å². The lowest BCUT2D eigenvalue weighted by Gasteiger charge is -2.08. The van der Waals surface area contributed by atoms with Crippen molar-refractivity contribution in [3.8, 4) is 11.5 Å². The van der Waals surface area contributed by atoms with Gasteiger partial charge in [-0.2, -0.15) is 0 Å². The Morgan fingerprint density at radius 1 is 1.44 bits per heavy atom. The molecule has 0 amide bonds. The molecule has 98 valence electrons. The molecule has 0 atom stereocenters. The summed E-state index contributed by atoms with van der Waals surface area (Å²) in [6.45, 7) is 3.44. The predicted molar refractivity (Wildman–Crippen MR) is 65.0 cm³/mol. The SMILES string of the molecule is COc1ccc(OCC(=O)C(C)C)cc1[N+](=O)[O-]. The molecule has 0 fully saturated rings. The van der Waals surface area contributed by atoms with Crippen molar-refractivity contribution in [1.29, 1.82) is 0 Å². The van der Waals surface area contributed by atoms with Crippen LogP contribution in [-0.4, -0.2) is 24.4 Å². The standard InChI is InChI=1S/C12H15NO5/c1-8(2)11(14)7-18-9-4-5-12(17-3)10(6-9)13(15)16/h4-6,8H,7H2,1-3H3. The summed E-state index contributed by atoms with van der Waals surface area (Å²) in [4.78, 5) is 21.6. The van der Waals surface area contributed by atoms with Crippen molar-refractivity contribution >= 4 is 11.5 Å². The number of nitro groups is 1. The Balaban J connectivity index is 2.82. The Labute approximate surface area is 105 Å². The normalized spacial score (nSPS) is 10.2. The number of nitrogens with zero attached hydrogens (tertiary/aromatic N) is 1. The average molecular weight is 253 g/mol. The van der Waals surface area contributed by atoms with Crippen LogP contribution in [0.25, 0.3) is 0 Å². The van der Waals surface area contributed by atoms with Crippen molar-refractivity contribution in [3.05, 3.63) is 28.3 Å². The van der Waals surface area contributed by atoms with Gasteiger partial charge in [0.1, 0.15) is 12.4 Å². The molecule has 6 nitrogen and oxygen atoms in total. The number of methoxy groups -OCH3 is 1. The first-order valence-corrected chi connectivity index (χ1v) is 5.43. The maximum absolute atomic E-state index is 11.4. The molecule has 18 heavy (non-hydrogen) atoms. The maximum Gasteiger partial charge on any atom is 0.314 e. The van der Waals surface area contributed by atoms with E-state index in [1.54, 1.807) is 13.8 Å². The van der Waals surface area contributed by atoms with Crippen molar-refractivity contribution in [2.75, 3.05) is 13.7 Å². The van der Waals surface area contributed by atoms with Gasteiger partial charge in [0.2, 0.25) is 0 Å². The number of carbonyl (C=O) groups is 1. The van der Waals surface area contributed by atoms with Crippen LogP contribution in [0.2, 0.25) is 0 Å². The minimum Gasteiger partial charge on any atom is -0.490 e. The topological polar surface area (TPSA) is 78.7 Å².